The van der Waals surface area contributed by atoms with Crippen LogP contribution in [0.2, 0.25) is 5.02 Å². The smallest absolute Gasteiger partial charge is 0.0592 e. The average Bonchev–Trinajstić information content (AvgIpc) is 2.50. The van der Waals surface area contributed by atoms with Crippen molar-refractivity contribution in [2.24, 2.45) is 0 Å². The molecule has 0 bridgehead atoms. The van der Waals surface area contributed by atoms with E-state index in [0.717, 1.165) is 26.4 Å². The molecular formula is C9H7Cl2NS. The third-order valence-corrected chi connectivity index (χ3v) is 3.73. The number of fused-ring (bicyclic) bond motifs is 1. The molecule has 68 valence electrons. The molecule has 2 rings (SSSR count). The van der Waals surface area contributed by atoms with Crippen molar-refractivity contribution in [3.63, 3.8) is 0 Å². The number of nitrogens with two attached hydrogens (primary N) is 1. The lowest BCUT2D eigenvalue weighted by atomic mass is 10.1. The van der Waals surface area contributed by atoms with Gasteiger partial charge < -0.3 is 5.73 Å². The van der Waals surface area contributed by atoms with Crippen molar-refractivity contribution in [2.45, 2.75) is 5.88 Å². The van der Waals surface area contributed by atoms with Gasteiger partial charge in [0.05, 0.1) is 15.4 Å². The summed E-state index contributed by atoms with van der Waals surface area (Å²) in [5, 5.41) is 3.66. The van der Waals surface area contributed by atoms with E-state index in [1.807, 2.05) is 17.5 Å². The Bertz CT molecular complexity index is 450. The fourth-order valence-electron chi connectivity index (χ4n) is 1.25. The van der Waals surface area contributed by atoms with Crippen LogP contribution in [-0.2, 0) is 5.88 Å². The van der Waals surface area contributed by atoms with Gasteiger partial charge in [-0.3, -0.25) is 0 Å². The molecule has 0 saturated heterocycles. The third kappa shape index (κ3) is 1.39. The van der Waals surface area contributed by atoms with Crippen molar-refractivity contribution in [3.8, 4) is 0 Å². The molecule has 0 atom stereocenters. The van der Waals surface area contributed by atoms with Gasteiger partial charge in [-0.05, 0) is 5.56 Å². The van der Waals surface area contributed by atoms with Gasteiger partial charge in [-0.1, -0.05) is 23.7 Å². The highest BCUT2D eigenvalue weighted by molar-refractivity contribution is 7.18. The van der Waals surface area contributed by atoms with Crippen molar-refractivity contribution in [2.75, 3.05) is 5.73 Å². The van der Waals surface area contributed by atoms with Crippen LogP contribution in [0.1, 0.15) is 5.56 Å². The molecule has 4 heteroatoms. The van der Waals surface area contributed by atoms with Gasteiger partial charge in [0.25, 0.3) is 0 Å². The normalized spacial score (nSPS) is 10.9. The monoisotopic (exact) mass is 231 g/mol. The summed E-state index contributed by atoms with van der Waals surface area (Å²) in [7, 11) is 0. The SMILES string of the molecule is Nc1c(CCl)ccc2c(Cl)csc12. The number of benzene rings is 1. The van der Waals surface area contributed by atoms with Crippen LogP contribution in [0.4, 0.5) is 5.69 Å². The van der Waals surface area contributed by atoms with E-state index in [2.05, 4.69) is 0 Å². The number of nitrogen functional groups attached to an aromatic ring is 1. The Balaban J connectivity index is 2.80. The molecule has 0 aliphatic heterocycles. The van der Waals surface area contributed by atoms with Gasteiger partial charge in [0, 0.05) is 16.6 Å². The summed E-state index contributed by atoms with van der Waals surface area (Å²) in [4.78, 5) is 0. The second kappa shape index (κ2) is 3.37. The lowest BCUT2D eigenvalue weighted by molar-refractivity contribution is 1.43. The van der Waals surface area contributed by atoms with Gasteiger partial charge in [0.1, 0.15) is 0 Å². The van der Waals surface area contributed by atoms with Crippen LogP contribution in [-0.4, -0.2) is 0 Å². The van der Waals surface area contributed by atoms with Crippen molar-refractivity contribution in [1.29, 1.82) is 0 Å². The summed E-state index contributed by atoms with van der Waals surface area (Å²) in [6, 6.07) is 3.88. The third-order valence-electron chi connectivity index (χ3n) is 1.97. The van der Waals surface area contributed by atoms with Crippen LogP contribution in [0.3, 0.4) is 0 Å². The first-order valence-corrected chi connectivity index (χ1v) is 5.53. The first-order chi connectivity index (χ1) is 6.24. The highest BCUT2D eigenvalue weighted by Crippen LogP contribution is 2.35. The topological polar surface area (TPSA) is 26.0 Å². The predicted molar refractivity (Wildman–Crippen MR) is 60.8 cm³/mol. The lowest BCUT2D eigenvalue weighted by Crippen LogP contribution is -1.91. The van der Waals surface area contributed by atoms with Gasteiger partial charge in [0.2, 0.25) is 0 Å². The number of halogens is 2. The Morgan fingerprint density at radius 2 is 2.15 bits per heavy atom. The Kier molecular flexibility index (Phi) is 2.37. The number of hydrogen-bond donors (Lipinski definition) is 1. The maximum atomic E-state index is 5.96. The first kappa shape index (κ1) is 9.13. The minimum absolute atomic E-state index is 0.442. The minimum atomic E-state index is 0.442. The molecule has 2 aromatic rings. The number of anilines is 1. The summed E-state index contributed by atoms with van der Waals surface area (Å²) in [6.45, 7) is 0. The quantitative estimate of drug-likeness (QED) is 0.586. The molecule has 0 fully saturated rings. The van der Waals surface area contributed by atoms with E-state index < -0.39 is 0 Å². The second-order valence-corrected chi connectivity index (χ2v) is 4.29. The van der Waals surface area contributed by atoms with E-state index in [1.54, 1.807) is 11.3 Å². The number of hydrogen-bond acceptors (Lipinski definition) is 2. The fourth-order valence-corrected chi connectivity index (χ4v) is 2.74. The Morgan fingerprint density at radius 3 is 2.85 bits per heavy atom. The van der Waals surface area contributed by atoms with Crippen LogP contribution in [0.5, 0.6) is 0 Å². The van der Waals surface area contributed by atoms with Gasteiger partial charge in [-0.15, -0.1) is 22.9 Å². The standard InChI is InChI=1S/C9H7Cl2NS/c10-3-5-1-2-6-7(11)4-13-9(6)8(5)12/h1-2,4H,3,12H2. The summed E-state index contributed by atoms with van der Waals surface area (Å²) in [5.41, 5.74) is 7.63. The Hall–Kier alpha value is -0.440. The molecule has 0 unspecified atom stereocenters. The molecule has 1 aromatic heterocycles. The largest absolute Gasteiger partial charge is 0.397 e. The van der Waals surface area contributed by atoms with E-state index in [0.29, 0.717) is 5.88 Å². The van der Waals surface area contributed by atoms with E-state index in [4.69, 9.17) is 28.9 Å². The Morgan fingerprint density at radius 1 is 1.38 bits per heavy atom. The van der Waals surface area contributed by atoms with Gasteiger partial charge >= 0.3 is 0 Å². The number of thiophene rings is 1. The van der Waals surface area contributed by atoms with E-state index in [-0.39, 0.29) is 0 Å². The molecule has 0 spiro atoms. The summed E-state index contributed by atoms with van der Waals surface area (Å²) >= 11 is 13.2. The van der Waals surface area contributed by atoms with E-state index >= 15 is 0 Å². The zero-order chi connectivity index (χ0) is 9.42. The second-order valence-electron chi connectivity index (χ2n) is 2.73. The minimum Gasteiger partial charge on any atom is -0.397 e. The molecule has 2 N–H and O–H groups in total. The van der Waals surface area contributed by atoms with Crippen LogP contribution in [0.15, 0.2) is 17.5 Å². The lowest BCUT2D eigenvalue weighted by Gasteiger charge is -2.02. The van der Waals surface area contributed by atoms with Crippen molar-refractivity contribution < 1.29 is 0 Å². The first-order valence-electron chi connectivity index (χ1n) is 3.74. The molecule has 1 nitrogen and oxygen atoms in total. The Labute approximate surface area is 90.1 Å². The molecule has 0 radical (unpaired) electrons. The van der Waals surface area contributed by atoms with Gasteiger partial charge in [-0.2, -0.15) is 0 Å². The number of alkyl halides is 1. The highest BCUT2D eigenvalue weighted by atomic mass is 35.5. The molecule has 0 aliphatic rings. The fraction of sp³-hybridized carbons (Fsp3) is 0.111. The van der Waals surface area contributed by atoms with Crippen molar-refractivity contribution >= 4 is 50.3 Å². The molecule has 0 aliphatic carbocycles. The predicted octanol–water partition coefficient (Wildman–Crippen LogP) is 3.88. The molecule has 1 heterocycles. The zero-order valence-electron chi connectivity index (χ0n) is 6.68. The van der Waals surface area contributed by atoms with Crippen molar-refractivity contribution in [1.82, 2.24) is 0 Å². The van der Waals surface area contributed by atoms with Crippen LogP contribution >= 0.6 is 34.5 Å². The maximum absolute atomic E-state index is 5.96. The van der Waals surface area contributed by atoms with Crippen LogP contribution in [0.25, 0.3) is 10.1 Å². The zero-order valence-corrected chi connectivity index (χ0v) is 9.01. The molecule has 0 amide bonds. The summed E-state index contributed by atoms with van der Waals surface area (Å²) < 4.78 is 1.03. The van der Waals surface area contributed by atoms with Gasteiger partial charge in [0.15, 0.2) is 0 Å². The highest BCUT2D eigenvalue weighted by Gasteiger charge is 2.07. The molecule has 1 aromatic carbocycles. The summed E-state index contributed by atoms with van der Waals surface area (Å²) in [6.07, 6.45) is 0. The maximum Gasteiger partial charge on any atom is 0.0592 e. The van der Waals surface area contributed by atoms with Crippen LogP contribution < -0.4 is 5.73 Å². The van der Waals surface area contributed by atoms with Crippen molar-refractivity contribution in [3.05, 3.63) is 28.1 Å². The molecule has 0 saturated carbocycles. The van der Waals surface area contributed by atoms with Gasteiger partial charge in [-0.25, -0.2) is 0 Å². The van der Waals surface area contributed by atoms with E-state index in [9.17, 15) is 0 Å². The number of rotatable bonds is 1. The molecular weight excluding hydrogens is 225 g/mol. The van der Waals surface area contributed by atoms with Crippen LogP contribution in [0, 0.1) is 0 Å². The van der Waals surface area contributed by atoms with E-state index in [1.165, 1.54) is 0 Å². The average molecular weight is 232 g/mol. The summed E-state index contributed by atoms with van der Waals surface area (Å²) in [5.74, 6) is 0.442. The molecule has 13 heavy (non-hydrogen) atoms.